The van der Waals surface area contributed by atoms with Crippen molar-refractivity contribution in [1.29, 1.82) is 0 Å². The van der Waals surface area contributed by atoms with Gasteiger partial charge in [0.2, 0.25) is 10.0 Å². The van der Waals surface area contributed by atoms with Gasteiger partial charge in [-0.2, -0.15) is 0 Å². The fourth-order valence-electron chi connectivity index (χ4n) is 2.21. The van der Waals surface area contributed by atoms with Gasteiger partial charge >= 0.3 is 0 Å². The molecule has 4 nitrogen and oxygen atoms in total. The predicted molar refractivity (Wildman–Crippen MR) is 79.1 cm³/mol. The van der Waals surface area contributed by atoms with Crippen LogP contribution < -0.4 is 4.72 Å². The van der Waals surface area contributed by atoms with E-state index in [2.05, 4.69) is 18.6 Å². The van der Waals surface area contributed by atoms with E-state index in [1.54, 1.807) is 19.1 Å². The minimum absolute atomic E-state index is 0.0614. The number of aliphatic hydroxyl groups is 1. The molecule has 1 aromatic rings. The normalized spacial score (nSPS) is 19.1. The predicted octanol–water partition coefficient (Wildman–Crippen LogP) is 2.25. The molecule has 0 amide bonds. The van der Waals surface area contributed by atoms with Gasteiger partial charge in [0.25, 0.3) is 0 Å². The molecule has 0 heterocycles. The fraction of sp³-hybridized carbons (Fsp3) is 0.600. The SMILES string of the molecule is CC(C)c1ccc(S(=O)(=O)NCC(C)(O)C2CC2)cc1. The Morgan fingerprint density at radius 1 is 1.30 bits per heavy atom. The molecule has 0 aliphatic heterocycles. The zero-order valence-electron chi connectivity index (χ0n) is 12.3. The van der Waals surface area contributed by atoms with Crippen molar-refractivity contribution in [1.82, 2.24) is 4.72 Å². The number of hydrogen-bond acceptors (Lipinski definition) is 3. The Morgan fingerprint density at radius 2 is 1.85 bits per heavy atom. The lowest BCUT2D eigenvalue weighted by molar-refractivity contribution is 0.0422. The number of hydrogen-bond donors (Lipinski definition) is 2. The summed E-state index contributed by atoms with van der Waals surface area (Å²) in [6.45, 7) is 5.88. The summed E-state index contributed by atoms with van der Waals surface area (Å²) in [4.78, 5) is 0.244. The maximum absolute atomic E-state index is 12.2. The van der Waals surface area contributed by atoms with E-state index in [0.29, 0.717) is 5.92 Å². The van der Waals surface area contributed by atoms with Crippen LogP contribution in [0.15, 0.2) is 29.2 Å². The van der Waals surface area contributed by atoms with Crippen molar-refractivity contribution >= 4 is 10.0 Å². The Morgan fingerprint density at radius 3 is 2.30 bits per heavy atom. The van der Waals surface area contributed by atoms with Crippen LogP contribution in [0.1, 0.15) is 45.1 Å². The second-order valence-electron chi connectivity index (χ2n) is 6.18. The number of benzene rings is 1. The van der Waals surface area contributed by atoms with Gasteiger partial charge in [-0.25, -0.2) is 13.1 Å². The first kappa shape index (κ1) is 15.5. The summed E-state index contributed by atoms with van der Waals surface area (Å²) in [5.74, 6) is 0.587. The van der Waals surface area contributed by atoms with Crippen molar-refractivity contribution in [2.75, 3.05) is 6.54 Å². The molecule has 1 aliphatic carbocycles. The van der Waals surface area contributed by atoms with Gasteiger partial charge in [0, 0.05) is 6.54 Å². The van der Waals surface area contributed by atoms with Crippen LogP contribution in [0.3, 0.4) is 0 Å². The third-order valence-electron chi connectivity index (χ3n) is 3.93. The highest BCUT2D eigenvalue weighted by atomic mass is 32.2. The largest absolute Gasteiger partial charge is 0.389 e. The third-order valence-corrected chi connectivity index (χ3v) is 5.35. The molecule has 2 rings (SSSR count). The van der Waals surface area contributed by atoms with Crippen molar-refractivity contribution in [3.8, 4) is 0 Å². The molecule has 0 spiro atoms. The minimum Gasteiger partial charge on any atom is -0.389 e. The molecule has 0 bridgehead atoms. The zero-order chi connectivity index (χ0) is 15.0. The minimum atomic E-state index is -3.55. The molecule has 0 radical (unpaired) electrons. The smallest absolute Gasteiger partial charge is 0.240 e. The Labute approximate surface area is 121 Å². The van der Waals surface area contributed by atoms with Crippen LogP contribution in [0.2, 0.25) is 0 Å². The summed E-state index contributed by atoms with van der Waals surface area (Å²) < 4.78 is 26.9. The van der Waals surface area contributed by atoms with Gasteiger partial charge in [-0.05, 0) is 49.3 Å². The molecule has 112 valence electrons. The van der Waals surface area contributed by atoms with Crippen LogP contribution in [0.25, 0.3) is 0 Å². The summed E-state index contributed by atoms with van der Waals surface area (Å²) in [5, 5.41) is 10.2. The maximum atomic E-state index is 12.2. The maximum Gasteiger partial charge on any atom is 0.240 e. The first-order valence-corrected chi connectivity index (χ1v) is 8.53. The molecule has 1 unspecified atom stereocenters. The van der Waals surface area contributed by atoms with Crippen molar-refractivity contribution < 1.29 is 13.5 Å². The highest BCUT2D eigenvalue weighted by Crippen LogP contribution is 2.39. The van der Waals surface area contributed by atoms with Crippen molar-refractivity contribution in [2.24, 2.45) is 5.92 Å². The van der Waals surface area contributed by atoms with E-state index in [4.69, 9.17) is 0 Å². The van der Waals surface area contributed by atoms with E-state index >= 15 is 0 Å². The molecule has 0 saturated heterocycles. The molecule has 0 aromatic heterocycles. The highest BCUT2D eigenvalue weighted by molar-refractivity contribution is 7.89. The molecule has 1 aliphatic rings. The van der Waals surface area contributed by atoms with Crippen LogP contribution in [-0.4, -0.2) is 25.7 Å². The van der Waals surface area contributed by atoms with E-state index in [9.17, 15) is 13.5 Å². The van der Waals surface area contributed by atoms with Crippen LogP contribution in [0, 0.1) is 5.92 Å². The summed E-state index contributed by atoms with van der Waals surface area (Å²) in [7, 11) is -3.55. The Balaban J connectivity index is 2.06. The second kappa shape index (κ2) is 5.47. The molecule has 2 N–H and O–H groups in total. The molecular formula is C15H23NO3S. The number of rotatable bonds is 6. The van der Waals surface area contributed by atoms with E-state index in [1.165, 1.54) is 0 Å². The van der Waals surface area contributed by atoms with Gasteiger partial charge in [-0.3, -0.25) is 0 Å². The highest BCUT2D eigenvalue weighted by Gasteiger charge is 2.40. The van der Waals surface area contributed by atoms with Gasteiger partial charge in [0.1, 0.15) is 0 Å². The lowest BCUT2D eigenvalue weighted by atomic mass is 10.0. The topological polar surface area (TPSA) is 66.4 Å². The van der Waals surface area contributed by atoms with E-state index < -0.39 is 15.6 Å². The monoisotopic (exact) mass is 297 g/mol. The molecular weight excluding hydrogens is 274 g/mol. The van der Waals surface area contributed by atoms with Crippen LogP contribution in [0.5, 0.6) is 0 Å². The number of nitrogens with one attached hydrogen (secondary N) is 1. The van der Waals surface area contributed by atoms with Crippen LogP contribution in [-0.2, 0) is 10.0 Å². The average Bonchev–Trinajstić information content (AvgIpc) is 3.21. The lowest BCUT2D eigenvalue weighted by Crippen LogP contribution is -2.42. The molecule has 1 atom stereocenters. The first-order chi connectivity index (χ1) is 9.22. The Bertz CT molecular complexity index is 557. The lowest BCUT2D eigenvalue weighted by Gasteiger charge is -2.23. The summed E-state index contributed by atoms with van der Waals surface area (Å²) >= 11 is 0. The van der Waals surface area contributed by atoms with E-state index in [-0.39, 0.29) is 17.4 Å². The van der Waals surface area contributed by atoms with Crippen molar-refractivity contribution in [3.05, 3.63) is 29.8 Å². The summed E-state index contributed by atoms with van der Waals surface area (Å²) in [6, 6.07) is 6.89. The van der Waals surface area contributed by atoms with E-state index in [0.717, 1.165) is 18.4 Å². The first-order valence-electron chi connectivity index (χ1n) is 7.04. The standard InChI is InChI=1S/C15H23NO3S/c1-11(2)12-4-8-14(9-5-12)20(18,19)16-10-15(3,17)13-6-7-13/h4-5,8-9,11,13,16-17H,6-7,10H2,1-3H3. The third kappa shape index (κ3) is 3.59. The summed E-state index contributed by atoms with van der Waals surface area (Å²) in [6.07, 6.45) is 1.94. The van der Waals surface area contributed by atoms with Gasteiger partial charge < -0.3 is 5.11 Å². The van der Waals surface area contributed by atoms with Crippen LogP contribution in [0.4, 0.5) is 0 Å². The Kier molecular flexibility index (Phi) is 4.23. The van der Waals surface area contributed by atoms with Crippen LogP contribution >= 0.6 is 0 Å². The summed E-state index contributed by atoms with van der Waals surface area (Å²) in [5.41, 5.74) is 0.152. The van der Waals surface area contributed by atoms with E-state index in [1.807, 2.05) is 12.1 Å². The number of sulfonamides is 1. The average molecular weight is 297 g/mol. The molecule has 1 aromatic carbocycles. The van der Waals surface area contributed by atoms with Crippen molar-refractivity contribution in [2.45, 2.75) is 50.0 Å². The van der Waals surface area contributed by atoms with Gasteiger partial charge in [0.15, 0.2) is 0 Å². The van der Waals surface area contributed by atoms with Gasteiger partial charge in [-0.1, -0.05) is 26.0 Å². The fourth-order valence-corrected chi connectivity index (χ4v) is 3.35. The van der Waals surface area contributed by atoms with Crippen molar-refractivity contribution in [3.63, 3.8) is 0 Å². The molecule has 5 heteroatoms. The quantitative estimate of drug-likeness (QED) is 0.846. The Hall–Kier alpha value is -0.910. The van der Waals surface area contributed by atoms with Gasteiger partial charge in [0.05, 0.1) is 10.5 Å². The van der Waals surface area contributed by atoms with Gasteiger partial charge in [-0.15, -0.1) is 0 Å². The molecule has 1 saturated carbocycles. The second-order valence-corrected chi connectivity index (χ2v) is 7.95. The zero-order valence-corrected chi connectivity index (χ0v) is 13.1. The molecule has 20 heavy (non-hydrogen) atoms. The molecule has 1 fully saturated rings.